The molecule has 0 unspecified atom stereocenters. The van der Waals surface area contributed by atoms with Gasteiger partial charge in [-0.1, -0.05) is 13.0 Å². The Labute approximate surface area is 125 Å². The topological polar surface area (TPSA) is 51.6 Å². The summed E-state index contributed by atoms with van der Waals surface area (Å²) in [5.41, 5.74) is 3.69. The van der Waals surface area contributed by atoms with Gasteiger partial charge < -0.3 is 14.6 Å². The van der Waals surface area contributed by atoms with Gasteiger partial charge in [-0.05, 0) is 49.6 Å². The van der Waals surface area contributed by atoms with Gasteiger partial charge in [-0.15, -0.1) is 0 Å². The minimum Gasteiger partial charge on any atom is -0.493 e. The zero-order valence-electron chi connectivity index (χ0n) is 12.9. The third kappa shape index (κ3) is 3.34. The van der Waals surface area contributed by atoms with E-state index in [0.717, 1.165) is 17.7 Å². The molecule has 1 heterocycles. The molecule has 2 aromatic rings. The Morgan fingerprint density at radius 3 is 2.52 bits per heavy atom. The molecule has 2 rings (SSSR count). The van der Waals surface area contributed by atoms with Crippen LogP contribution in [0.2, 0.25) is 0 Å². The lowest BCUT2D eigenvalue weighted by Crippen LogP contribution is -2.01. The highest BCUT2D eigenvalue weighted by molar-refractivity contribution is 5.46. The van der Waals surface area contributed by atoms with Crippen LogP contribution in [-0.4, -0.2) is 17.2 Å². The predicted molar refractivity (Wildman–Crippen MR) is 82.1 cm³/mol. The van der Waals surface area contributed by atoms with Crippen LogP contribution in [0.1, 0.15) is 29.3 Å². The minimum absolute atomic E-state index is 0.107. The van der Waals surface area contributed by atoms with Crippen molar-refractivity contribution in [2.75, 3.05) is 7.11 Å². The molecule has 0 amide bonds. The van der Waals surface area contributed by atoms with E-state index in [9.17, 15) is 5.11 Å². The molecular formula is C17H21NO3. The Kier molecular flexibility index (Phi) is 4.81. The van der Waals surface area contributed by atoms with Crippen molar-refractivity contribution in [2.45, 2.75) is 33.8 Å². The second-order valence-corrected chi connectivity index (χ2v) is 4.96. The molecule has 4 nitrogen and oxygen atoms in total. The van der Waals surface area contributed by atoms with Crippen LogP contribution in [0, 0.1) is 13.8 Å². The number of aryl methyl sites for hydroxylation is 3. The summed E-state index contributed by atoms with van der Waals surface area (Å²) in [6.07, 6.45) is 0.931. The van der Waals surface area contributed by atoms with Crippen LogP contribution < -0.4 is 9.47 Å². The standard InChI is InChI=1S/C17H21NO3/c1-5-13-6-7-15(16(9-13)20-4)21-17-14(10-19)11(2)8-12(3)18-17/h6-9,19H,5,10H2,1-4H3. The average molecular weight is 287 g/mol. The van der Waals surface area contributed by atoms with E-state index in [4.69, 9.17) is 9.47 Å². The van der Waals surface area contributed by atoms with Crippen LogP contribution in [0.5, 0.6) is 17.4 Å². The molecule has 0 saturated heterocycles. The molecule has 0 bridgehead atoms. The molecule has 0 saturated carbocycles. The fourth-order valence-corrected chi connectivity index (χ4v) is 2.23. The normalized spacial score (nSPS) is 10.5. The van der Waals surface area contributed by atoms with Gasteiger partial charge in [-0.3, -0.25) is 0 Å². The second-order valence-electron chi connectivity index (χ2n) is 4.96. The van der Waals surface area contributed by atoms with Crippen molar-refractivity contribution in [3.8, 4) is 17.4 Å². The van der Waals surface area contributed by atoms with E-state index in [1.54, 1.807) is 7.11 Å². The van der Waals surface area contributed by atoms with Gasteiger partial charge in [-0.2, -0.15) is 0 Å². The lowest BCUT2D eigenvalue weighted by molar-refractivity contribution is 0.273. The van der Waals surface area contributed by atoms with Crippen molar-refractivity contribution < 1.29 is 14.6 Å². The summed E-state index contributed by atoms with van der Waals surface area (Å²) in [5, 5.41) is 9.53. The number of aliphatic hydroxyl groups is 1. The largest absolute Gasteiger partial charge is 0.493 e. The van der Waals surface area contributed by atoms with E-state index in [1.807, 2.05) is 38.1 Å². The molecule has 4 heteroatoms. The van der Waals surface area contributed by atoms with E-state index in [2.05, 4.69) is 11.9 Å². The Morgan fingerprint density at radius 2 is 1.90 bits per heavy atom. The van der Waals surface area contributed by atoms with Crippen LogP contribution in [-0.2, 0) is 13.0 Å². The van der Waals surface area contributed by atoms with Crippen LogP contribution in [0.25, 0.3) is 0 Å². The Hall–Kier alpha value is -2.07. The molecule has 0 aliphatic carbocycles. The van der Waals surface area contributed by atoms with Gasteiger partial charge in [0.1, 0.15) is 0 Å². The number of pyridine rings is 1. The molecule has 0 aliphatic heterocycles. The Balaban J connectivity index is 2.42. The summed E-state index contributed by atoms with van der Waals surface area (Å²) < 4.78 is 11.3. The molecular weight excluding hydrogens is 266 g/mol. The van der Waals surface area contributed by atoms with Crippen LogP contribution >= 0.6 is 0 Å². The van der Waals surface area contributed by atoms with E-state index in [0.29, 0.717) is 22.9 Å². The summed E-state index contributed by atoms with van der Waals surface area (Å²) >= 11 is 0. The molecule has 1 N–H and O–H groups in total. The molecule has 0 atom stereocenters. The lowest BCUT2D eigenvalue weighted by atomic mass is 10.1. The summed E-state index contributed by atoms with van der Waals surface area (Å²) in [7, 11) is 1.61. The molecule has 0 spiro atoms. The maximum Gasteiger partial charge on any atom is 0.225 e. The quantitative estimate of drug-likeness (QED) is 0.913. The van der Waals surface area contributed by atoms with Crippen LogP contribution in [0.15, 0.2) is 24.3 Å². The molecule has 0 fully saturated rings. The van der Waals surface area contributed by atoms with Crippen molar-refractivity contribution in [1.82, 2.24) is 4.98 Å². The monoisotopic (exact) mass is 287 g/mol. The molecule has 112 valence electrons. The minimum atomic E-state index is -0.107. The fourth-order valence-electron chi connectivity index (χ4n) is 2.23. The molecule has 1 aromatic carbocycles. The summed E-state index contributed by atoms with van der Waals surface area (Å²) in [6, 6.07) is 7.75. The second kappa shape index (κ2) is 6.59. The molecule has 0 radical (unpaired) electrons. The van der Waals surface area contributed by atoms with E-state index < -0.39 is 0 Å². The highest BCUT2D eigenvalue weighted by Gasteiger charge is 2.13. The first kappa shape index (κ1) is 15.3. The van der Waals surface area contributed by atoms with Crippen LogP contribution in [0.4, 0.5) is 0 Å². The first-order valence-electron chi connectivity index (χ1n) is 7.01. The Bertz CT molecular complexity index is 638. The first-order valence-corrected chi connectivity index (χ1v) is 7.01. The SMILES string of the molecule is CCc1ccc(Oc2nc(C)cc(C)c2CO)c(OC)c1. The lowest BCUT2D eigenvalue weighted by Gasteiger charge is -2.14. The third-order valence-corrected chi connectivity index (χ3v) is 3.44. The molecule has 21 heavy (non-hydrogen) atoms. The summed E-state index contributed by atoms with van der Waals surface area (Å²) in [4.78, 5) is 4.38. The smallest absolute Gasteiger partial charge is 0.225 e. The fraction of sp³-hybridized carbons (Fsp3) is 0.353. The third-order valence-electron chi connectivity index (χ3n) is 3.44. The highest BCUT2D eigenvalue weighted by Crippen LogP contribution is 2.34. The number of benzene rings is 1. The number of hydrogen-bond donors (Lipinski definition) is 1. The van der Waals surface area contributed by atoms with E-state index >= 15 is 0 Å². The zero-order valence-corrected chi connectivity index (χ0v) is 12.9. The van der Waals surface area contributed by atoms with Gasteiger partial charge in [-0.25, -0.2) is 4.98 Å². The number of hydrogen-bond acceptors (Lipinski definition) is 4. The summed E-state index contributed by atoms with van der Waals surface area (Å²) in [6.45, 7) is 5.82. The van der Waals surface area contributed by atoms with E-state index in [-0.39, 0.29) is 6.61 Å². The van der Waals surface area contributed by atoms with Gasteiger partial charge in [0.05, 0.1) is 13.7 Å². The van der Waals surface area contributed by atoms with Gasteiger partial charge in [0.2, 0.25) is 5.88 Å². The Morgan fingerprint density at radius 1 is 1.14 bits per heavy atom. The highest BCUT2D eigenvalue weighted by atomic mass is 16.5. The predicted octanol–water partition coefficient (Wildman–Crippen LogP) is 3.55. The number of aromatic nitrogens is 1. The molecule has 1 aromatic heterocycles. The van der Waals surface area contributed by atoms with Gasteiger partial charge in [0, 0.05) is 11.3 Å². The van der Waals surface area contributed by atoms with Crippen molar-refractivity contribution in [1.29, 1.82) is 0 Å². The maximum absolute atomic E-state index is 9.53. The van der Waals surface area contributed by atoms with Crippen molar-refractivity contribution >= 4 is 0 Å². The first-order chi connectivity index (χ1) is 10.1. The van der Waals surface area contributed by atoms with Crippen LogP contribution in [0.3, 0.4) is 0 Å². The number of methoxy groups -OCH3 is 1. The van der Waals surface area contributed by atoms with Gasteiger partial charge in [0.25, 0.3) is 0 Å². The molecule has 0 aliphatic rings. The maximum atomic E-state index is 9.53. The zero-order chi connectivity index (χ0) is 15.4. The average Bonchev–Trinajstić information content (AvgIpc) is 2.47. The number of nitrogens with zero attached hydrogens (tertiary/aromatic N) is 1. The number of ether oxygens (including phenoxy) is 2. The van der Waals surface area contributed by atoms with Crippen molar-refractivity contribution in [3.05, 3.63) is 46.6 Å². The summed E-state index contributed by atoms with van der Waals surface area (Å²) in [5.74, 6) is 1.69. The number of aliphatic hydroxyl groups excluding tert-OH is 1. The van der Waals surface area contributed by atoms with Gasteiger partial charge in [0.15, 0.2) is 11.5 Å². The van der Waals surface area contributed by atoms with Crippen molar-refractivity contribution in [2.24, 2.45) is 0 Å². The number of rotatable bonds is 5. The van der Waals surface area contributed by atoms with Gasteiger partial charge >= 0.3 is 0 Å². The van der Waals surface area contributed by atoms with E-state index in [1.165, 1.54) is 5.56 Å². The van der Waals surface area contributed by atoms with Crippen molar-refractivity contribution in [3.63, 3.8) is 0 Å².